The van der Waals surface area contributed by atoms with Crippen molar-refractivity contribution in [3.8, 4) is 0 Å². The lowest BCUT2D eigenvalue weighted by molar-refractivity contribution is -0.136. The second-order valence-electron chi connectivity index (χ2n) is 5.53. The van der Waals surface area contributed by atoms with Crippen LogP contribution < -0.4 is 0 Å². The Morgan fingerprint density at radius 2 is 1.86 bits per heavy atom. The zero-order valence-electron chi connectivity index (χ0n) is 13.2. The van der Waals surface area contributed by atoms with Crippen LogP contribution in [0.25, 0.3) is 0 Å². The standard InChI is InChI=1S/C16H24N2O3S/c1-3-17(4-2)16(19)14-9-8-12-18(13-14)22(20,21)15-10-6-5-7-11-15/h5-7,10-11,14H,3-4,8-9,12-13H2,1-2H3/t14-/m1/s1. The van der Waals surface area contributed by atoms with Crippen molar-refractivity contribution in [3.05, 3.63) is 30.3 Å². The predicted molar refractivity (Wildman–Crippen MR) is 85.9 cm³/mol. The van der Waals surface area contributed by atoms with E-state index in [1.807, 2.05) is 13.8 Å². The van der Waals surface area contributed by atoms with Crippen LogP contribution in [0.15, 0.2) is 35.2 Å². The fourth-order valence-corrected chi connectivity index (χ4v) is 4.44. The van der Waals surface area contributed by atoms with Crippen LogP contribution in [0.1, 0.15) is 26.7 Å². The van der Waals surface area contributed by atoms with E-state index in [1.165, 1.54) is 4.31 Å². The van der Waals surface area contributed by atoms with Gasteiger partial charge in [-0.2, -0.15) is 4.31 Å². The number of hydrogen-bond donors (Lipinski definition) is 0. The summed E-state index contributed by atoms with van der Waals surface area (Å²) >= 11 is 0. The van der Waals surface area contributed by atoms with E-state index in [0.717, 1.165) is 12.8 Å². The Hall–Kier alpha value is -1.40. The summed E-state index contributed by atoms with van der Waals surface area (Å²) in [5.41, 5.74) is 0. The third-order valence-electron chi connectivity index (χ3n) is 4.19. The van der Waals surface area contributed by atoms with Crippen LogP contribution in [0.3, 0.4) is 0 Å². The molecule has 5 nitrogen and oxygen atoms in total. The van der Waals surface area contributed by atoms with Gasteiger partial charge in [-0.3, -0.25) is 4.79 Å². The maximum atomic E-state index is 12.7. The minimum absolute atomic E-state index is 0.0676. The highest BCUT2D eigenvalue weighted by Crippen LogP contribution is 2.24. The molecule has 1 saturated heterocycles. The van der Waals surface area contributed by atoms with Crippen LogP contribution in [0.5, 0.6) is 0 Å². The van der Waals surface area contributed by atoms with Crippen molar-refractivity contribution < 1.29 is 13.2 Å². The molecule has 1 fully saturated rings. The van der Waals surface area contributed by atoms with Crippen LogP contribution in [-0.2, 0) is 14.8 Å². The van der Waals surface area contributed by atoms with Crippen LogP contribution in [0.4, 0.5) is 0 Å². The number of sulfonamides is 1. The highest BCUT2D eigenvalue weighted by molar-refractivity contribution is 7.89. The third kappa shape index (κ3) is 3.50. The van der Waals surface area contributed by atoms with Gasteiger partial charge in [0.05, 0.1) is 10.8 Å². The molecular formula is C16H24N2O3S. The highest BCUT2D eigenvalue weighted by atomic mass is 32.2. The monoisotopic (exact) mass is 324 g/mol. The van der Waals surface area contributed by atoms with Crippen molar-refractivity contribution in [2.45, 2.75) is 31.6 Å². The van der Waals surface area contributed by atoms with E-state index in [2.05, 4.69) is 0 Å². The van der Waals surface area contributed by atoms with Gasteiger partial charge in [-0.05, 0) is 38.8 Å². The first-order valence-corrected chi connectivity index (χ1v) is 9.28. The van der Waals surface area contributed by atoms with E-state index in [0.29, 0.717) is 24.5 Å². The Bertz CT molecular complexity index is 597. The zero-order valence-corrected chi connectivity index (χ0v) is 14.1. The Labute approximate surface area is 133 Å². The fraction of sp³-hybridized carbons (Fsp3) is 0.562. The maximum absolute atomic E-state index is 12.7. The number of piperidine rings is 1. The van der Waals surface area contributed by atoms with Crippen molar-refractivity contribution in [1.29, 1.82) is 0 Å². The topological polar surface area (TPSA) is 57.7 Å². The average molecular weight is 324 g/mol. The first-order chi connectivity index (χ1) is 10.5. The molecule has 0 N–H and O–H groups in total. The summed E-state index contributed by atoms with van der Waals surface area (Å²) < 4.78 is 26.8. The number of hydrogen-bond acceptors (Lipinski definition) is 3. The summed E-state index contributed by atoms with van der Waals surface area (Å²) in [6.07, 6.45) is 1.49. The number of carbonyl (C=O) groups is 1. The molecule has 22 heavy (non-hydrogen) atoms. The maximum Gasteiger partial charge on any atom is 0.243 e. The average Bonchev–Trinajstić information content (AvgIpc) is 2.57. The van der Waals surface area contributed by atoms with E-state index in [1.54, 1.807) is 35.2 Å². The van der Waals surface area contributed by atoms with Crippen molar-refractivity contribution in [2.75, 3.05) is 26.2 Å². The molecule has 1 aliphatic heterocycles. The van der Waals surface area contributed by atoms with Crippen molar-refractivity contribution in [3.63, 3.8) is 0 Å². The number of amides is 1. The highest BCUT2D eigenvalue weighted by Gasteiger charge is 2.34. The van der Waals surface area contributed by atoms with Crippen molar-refractivity contribution in [1.82, 2.24) is 9.21 Å². The first kappa shape index (κ1) is 17.0. The van der Waals surface area contributed by atoms with Crippen molar-refractivity contribution >= 4 is 15.9 Å². The molecule has 1 atom stereocenters. The first-order valence-electron chi connectivity index (χ1n) is 7.84. The van der Waals surface area contributed by atoms with Crippen molar-refractivity contribution in [2.24, 2.45) is 5.92 Å². The van der Waals surface area contributed by atoms with Gasteiger partial charge in [0.15, 0.2) is 0 Å². The molecule has 0 spiro atoms. The molecule has 0 aliphatic carbocycles. The molecule has 1 aliphatic rings. The van der Waals surface area contributed by atoms with E-state index >= 15 is 0 Å². The summed E-state index contributed by atoms with van der Waals surface area (Å²) in [5.74, 6) is -0.162. The van der Waals surface area contributed by atoms with Crippen LogP contribution in [0, 0.1) is 5.92 Å². The molecule has 1 heterocycles. The number of carbonyl (C=O) groups excluding carboxylic acids is 1. The second-order valence-corrected chi connectivity index (χ2v) is 7.46. The van der Waals surface area contributed by atoms with Gasteiger partial charge in [-0.25, -0.2) is 8.42 Å². The SMILES string of the molecule is CCN(CC)C(=O)[C@@H]1CCCN(S(=O)(=O)c2ccccc2)C1. The van der Waals surface area contributed by atoms with E-state index in [9.17, 15) is 13.2 Å². The van der Waals surface area contributed by atoms with Gasteiger partial charge in [-0.15, -0.1) is 0 Å². The Morgan fingerprint density at radius 3 is 2.45 bits per heavy atom. The summed E-state index contributed by atoms with van der Waals surface area (Å²) in [6, 6.07) is 8.43. The summed E-state index contributed by atoms with van der Waals surface area (Å²) in [7, 11) is -3.51. The molecule has 0 bridgehead atoms. The molecule has 1 amide bonds. The molecule has 0 aromatic heterocycles. The zero-order chi connectivity index (χ0) is 16.2. The largest absolute Gasteiger partial charge is 0.343 e. The van der Waals surface area contributed by atoms with E-state index in [4.69, 9.17) is 0 Å². The molecule has 0 unspecified atom stereocenters. The lowest BCUT2D eigenvalue weighted by atomic mass is 9.98. The quantitative estimate of drug-likeness (QED) is 0.832. The van der Waals surface area contributed by atoms with Gasteiger partial charge in [-0.1, -0.05) is 18.2 Å². The van der Waals surface area contributed by atoms with Crippen LogP contribution in [0.2, 0.25) is 0 Å². The molecule has 0 radical (unpaired) electrons. The molecule has 6 heteroatoms. The predicted octanol–water partition coefficient (Wildman–Crippen LogP) is 1.96. The minimum Gasteiger partial charge on any atom is -0.343 e. The summed E-state index contributed by atoms with van der Waals surface area (Å²) in [5, 5.41) is 0. The molecule has 1 aromatic carbocycles. The van der Waals surface area contributed by atoms with Gasteiger partial charge >= 0.3 is 0 Å². The minimum atomic E-state index is -3.51. The van der Waals surface area contributed by atoms with Gasteiger partial charge in [0.2, 0.25) is 15.9 Å². The number of benzene rings is 1. The molecular weight excluding hydrogens is 300 g/mol. The van der Waals surface area contributed by atoms with Gasteiger partial charge < -0.3 is 4.90 Å². The second kappa shape index (κ2) is 7.24. The molecule has 1 aromatic rings. The number of rotatable bonds is 5. The van der Waals surface area contributed by atoms with Crippen LogP contribution in [-0.4, -0.2) is 49.7 Å². The molecule has 122 valence electrons. The summed E-state index contributed by atoms with van der Waals surface area (Å²) in [6.45, 7) is 5.99. The third-order valence-corrected chi connectivity index (χ3v) is 6.07. The Morgan fingerprint density at radius 1 is 1.23 bits per heavy atom. The lowest BCUT2D eigenvalue weighted by Gasteiger charge is -2.33. The number of nitrogens with zero attached hydrogens (tertiary/aromatic N) is 2. The normalized spacial score (nSPS) is 19.8. The van der Waals surface area contributed by atoms with E-state index in [-0.39, 0.29) is 18.4 Å². The van der Waals surface area contributed by atoms with Gasteiger partial charge in [0.25, 0.3) is 0 Å². The fourth-order valence-electron chi connectivity index (χ4n) is 2.90. The molecule has 2 rings (SSSR count). The lowest BCUT2D eigenvalue weighted by Crippen LogP contribution is -2.46. The summed E-state index contributed by atoms with van der Waals surface area (Å²) in [4.78, 5) is 14.6. The van der Waals surface area contributed by atoms with Gasteiger partial charge in [0.1, 0.15) is 0 Å². The molecule has 0 saturated carbocycles. The van der Waals surface area contributed by atoms with E-state index < -0.39 is 10.0 Å². The Kier molecular flexibility index (Phi) is 5.58. The smallest absolute Gasteiger partial charge is 0.243 e. The van der Waals surface area contributed by atoms with Gasteiger partial charge in [0, 0.05) is 26.2 Å². The Balaban J connectivity index is 2.15. The van der Waals surface area contributed by atoms with Crippen LogP contribution >= 0.6 is 0 Å².